The van der Waals surface area contributed by atoms with Crippen molar-refractivity contribution in [3.05, 3.63) is 0 Å². The number of primary amides is 1. The van der Waals surface area contributed by atoms with Crippen LogP contribution in [0.2, 0.25) is 0 Å². The minimum absolute atomic E-state index is 0.198. The summed E-state index contributed by atoms with van der Waals surface area (Å²) in [6.45, 7) is 2.73. The van der Waals surface area contributed by atoms with Crippen molar-refractivity contribution in [2.75, 3.05) is 6.61 Å². The molecule has 0 spiro atoms. The van der Waals surface area contributed by atoms with Crippen LogP contribution in [0.3, 0.4) is 0 Å². The Morgan fingerprint density at radius 1 is 1.46 bits per heavy atom. The normalized spacial score (nSPS) is 28.7. The lowest BCUT2D eigenvalue weighted by Gasteiger charge is -2.30. The van der Waals surface area contributed by atoms with Crippen molar-refractivity contribution in [1.29, 1.82) is 0 Å². The van der Waals surface area contributed by atoms with Crippen LogP contribution in [0, 0.1) is 5.92 Å². The molecule has 76 valence electrons. The third-order valence-corrected chi connectivity index (χ3v) is 2.68. The van der Waals surface area contributed by atoms with E-state index >= 15 is 0 Å². The van der Waals surface area contributed by atoms with Gasteiger partial charge in [-0.25, -0.2) is 0 Å². The first kappa shape index (κ1) is 10.5. The zero-order valence-corrected chi connectivity index (χ0v) is 8.29. The molecule has 13 heavy (non-hydrogen) atoms. The van der Waals surface area contributed by atoms with Crippen molar-refractivity contribution in [3.8, 4) is 0 Å². The molecule has 2 N–H and O–H groups in total. The van der Waals surface area contributed by atoms with Gasteiger partial charge in [0.15, 0.2) is 0 Å². The van der Waals surface area contributed by atoms with Gasteiger partial charge in [-0.2, -0.15) is 0 Å². The van der Waals surface area contributed by atoms with Gasteiger partial charge in [0.2, 0.25) is 5.91 Å². The van der Waals surface area contributed by atoms with Crippen LogP contribution in [0.15, 0.2) is 0 Å². The van der Waals surface area contributed by atoms with Crippen LogP contribution in [0.25, 0.3) is 0 Å². The minimum atomic E-state index is -0.198. The second-order valence-corrected chi connectivity index (χ2v) is 3.71. The quantitative estimate of drug-likeness (QED) is 0.720. The molecule has 3 heteroatoms. The van der Waals surface area contributed by atoms with Gasteiger partial charge in [-0.05, 0) is 25.7 Å². The van der Waals surface area contributed by atoms with Gasteiger partial charge in [0, 0.05) is 13.0 Å². The lowest BCUT2D eigenvalue weighted by Crippen LogP contribution is -2.31. The second kappa shape index (κ2) is 5.22. The summed E-state index contributed by atoms with van der Waals surface area (Å²) >= 11 is 0. The Morgan fingerprint density at radius 3 is 2.77 bits per heavy atom. The smallest absolute Gasteiger partial charge is 0.217 e. The number of carbonyl (C=O) groups excluding carboxylic acids is 1. The molecule has 0 aromatic heterocycles. The number of hydrogen-bond acceptors (Lipinski definition) is 2. The summed E-state index contributed by atoms with van der Waals surface area (Å²) in [5.74, 6) is 0.169. The van der Waals surface area contributed by atoms with Gasteiger partial charge in [-0.1, -0.05) is 12.8 Å². The standard InChI is InChI=1S/C10H19NO2/c1-2-13-9-6-4-3-5-8(9)7-10(11)12/h8-9H,2-7H2,1H3,(H2,11,12). The lowest BCUT2D eigenvalue weighted by molar-refractivity contribution is -0.121. The third-order valence-electron chi connectivity index (χ3n) is 2.68. The molecule has 0 radical (unpaired) electrons. The van der Waals surface area contributed by atoms with E-state index in [-0.39, 0.29) is 12.0 Å². The molecular weight excluding hydrogens is 166 g/mol. The fourth-order valence-corrected chi connectivity index (χ4v) is 2.10. The van der Waals surface area contributed by atoms with E-state index in [1.807, 2.05) is 6.92 Å². The maximum atomic E-state index is 10.8. The monoisotopic (exact) mass is 185 g/mol. The fraction of sp³-hybridized carbons (Fsp3) is 0.900. The average molecular weight is 185 g/mol. The highest BCUT2D eigenvalue weighted by molar-refractivity contribution is 5.74. The van der Waals surface area contributed by atoms with E-state index in [4.69, 9.17) is 10.5 Å². The van der Waals surface area contributed by atoms with Crippen molar-refractivity contribution in [1.82, 2.24) is 0 Å². The van der Waals surface area contributed by atoms with Crippen molar-refractivity contribution in [3.63, 3.8) is 0 Å². The van der Waals surface area contributed by atoms with Gasteiger partial charge >= 0.3 is 0 Å². The van der Waals surface area contributed by atoms with Crippen molar-refractivity contribution in [2.24, 2.45) is 11.7 Å². The largest absolute Gasteiger partial charge is 0.378 e. The molecule has 1 amide bonds. The Balaban J connectivity index is 2.41. The van der Waals surface area contributed by atoms with Crippen molar-refractivity contribution >= 4 is 5.91 Å². The molecule has 0 aromatic rings. The molecule has 0 bridgehead atoms. The number of rotatable bonds is 4. The number of nitrogens with two attached hydrogens (primary N) is 1. The first-order chi connectivity index (χ1) is 6.24. The van der Waals surface area contributed by atoms with E-state index in [0.29, 0.717) is 12.3 Å². The number of amides is 1. The van der Waals surface area contributed by atoms with Gasteiger partial charge in [-0.15, -0.1) is 0 Å². The van der Waals surface area contributed by atoms with Gasteiger partial charge in [0.25, 0.3) is 0 Å². The van der Waals surface area contributed by atoms with Gasteiger partial charge < -0.3 is 10.5 Å². The number of hydrogen-bond donors (Lipinski definition) is 1. The van der Waals surface area contributed by atoms with E-state index in [1.165, 1.54) is 12.8 Å². The predicted octanol–water partition coefficient (Wildman–Crippen LogP) is 1.46. The van der Waals surface area contributed by atoms with Crippen molar-refractivity contribution < 1.29 is 9.53 Å². The zero-order chi connectivity index (χ0) is 9.68. The van der Waals surface area contributed by atoms with E-state index in [1.54, 1.807) is 0 Å². The molecule has 1 aliphatic rings. The summed E-state index contributed by atoms with van der Waals surface area (Å²) < 4.78 is 5.59. The maximum Gasteiger partial charge on any atom is 0.217 e. The van der Waals surface area contributed by atoms with Gasteiger partial charge in [0.05, 0.1) is 6.10 Å². The summed E-state index contributed by atoms with van der Waals surface area (Å²) in [5.41, 5.74) is 5.19. The summed E-state index contributed by atoms with van der Waals surface area (Å²) in [7, 11) is 0. The molecule has 0 aliphatic heterocycles. The molecule has 3 nitrogen and oxygen atoms in total. The van der Waals surface area contributed by atoms with Gasteiger partial charge in [0.1, 0.15) is 0 Å². The first-order valence-corrected chi connectivity index (χ1v) is 5.14. The van der Waals surface area contributed by atoms with E-state index in [0.717, 1.165) is 19.4 Å². The summed E-state index contributed by atoms with van der Waals surface area (Å²) in [6.07, 6.45) is 5.37. The maximum absolute atomic E-state index is 10.8. The second-order valence-electron chi connectivity index (χ2n) is 3.71. The minimum Gasteiger partial charge on any atom is -0.378 e. The molecule has 0 saturated heterocycles. The average Bonchev–Trinajstić information content (AvgIpc) is 2.08. The number of ether oxygens (including phenoxy) is 1. The summed E-state index contributed by atoms with van der Waals surface area (Å²) in [4.78, 5) is 10.8. The highest BCUT2D eigenvalue weighted by Crippen LogP contribution is 2.28. The fourth-order valence-electron chi connectivity index (χ4n) is 2.10. The van der Waals surface area contributed by atoms with Crippen LogP contribution in [0.4, 0.5) is 0 Å². The van der Waals surface area contributed by atoms with Crippen LogP contribution < -0.4 is 5.73 Å². The SMILES string of the molecule is CCOC1CCCCC1CC(N)=O. The highest BCUT2D eigenvalue weighted by atomic mass is 16.5. The molecule has 2 unspecified atom stereocenters. The van der Waals surface area contributed by atoms with Crippen LogP contribution in [0.1, 0.15) is 39.0 Å². The molecule has 0 aromatic carbocycles. The molecule has 1 saturated carbocycles. The van der Waals surface area contributed by atoms with E-state index < -0.39 is 0 Å². The topological polar surface area (TPSA) is 52.3 Å². The highest BCUT2D eigenvalue weighted by Gasteiger charge is 2.26. The predicted molar refractivity (Wildman–Crippen MR) is 51.2 cm³/mol. The van der Waals surface area contributed by atoms with Crippen LogP contribution in [0.5, 0.6) is 0 Å². The Kier molecular flexibility index (Phi) is 4.22. The summed E-state index contributed by atoms with van der Waals surface area (Å²) in [6, 6.07) is 0. The molecule has 1 aliphatic carbocycles. The Bertz CT molecular complexity index is 168. The molecular formula is C10H19NO2. The summed E-state index contributed by atoms with van der Waals surface area (Å²) in [5, 5.41) is 0. The van der Waals surface area contributed by atoms with Crippen molar-refractivity contribution in [2.45, 2.75) is 45.1 Å². The Hall–Kier alpha value is -0.570. The molecule has 2 atom stereocenters. The van der Waals surface area contributed by atoms with Crippen LogP contribution >= 0.6 is 0 Å². The molecule has 0 heterocycles. The Labute approximate surface area is 79.6 Å². The van der Waals surface area contributed by atoms with Crippen LogP contribution in [-0.2, 0) is 9.53 Å². The van der Waals surface area contributed by atoms with E-state index in [9.17, 15) is 4.79 Å². The van der Waals surface area contributed by atoms with Gasteiger partial charge in [-0.3, -0.25) is 4.79 Å². The first-order valence-electron chi connectivity index (χ1n) is 5.14. The molecule has 1 fully saturated rings. The number of carbonyl (C=O) groups is 1. The van der Waals surface area contributed by atoms with Crippen LogP contribution in [-0.4, -0.2) is 18.6 Å². The third kappa shape index (κ3) is 3.35. The lowest BCUT2D eigenvalue weighted by atomic mass is 9.84. The molecule has 1 rings (SSSR count). The Morgan fingerprint density at radius 2 is 2.15 bits per heavy atom. The van der Waals surface area contributed by atoms with E-state index in [2.05, 4.69) is 0 Å². The zero-order valence-electron chi connectivity index (χ0n) is 8.29.